The molecule has 0 bridgehead atoms. The van der Waals surface area contributed by atoms with Gasteiger partial charge in [-0.1, -0.05) is 6.92 Å². The van der Waals surface area contributed by atoms with Crippen LogP contribution in [0.1, 0.15) is 43.2 Å². The maximum atomic E-state index is 12.1. The molecule has 1 aliphatic rings. The number of carbonyl (C=O) groups is 1. The average Bonchev–Trinajstić information content (AvgIpc) is 2.75. The molecule has 6 nitrogen and oxygen atoms in total. The number of amides is 1. The van der Waals surface area contributed by atoms with Crippen LogP contribution in [0.4, 0.5) is 5.95 Å². The molecule has 1 aromatic rings. The third-order valence-electron chi connectivity index (χ3n) is 3.56. The average molecular weight is 237 g/mol. The van der Waals surface area contributed by atoms with Gasteiger partial charge in [0, 0.05) is 13.1 Å². The van der Waals surface area contributed by atoms with Gasteiger partial charge in [0.15, 0.2) is 0 Å². The quantitative estimate of drug-likeness (QED) is 0.804. The number of nitrogens with two attached hydrogens (primary N) is 1. The van der Waals surface area contributed by atoms with Gasteiger partial charge in [-0.15, -0.1) is 5.10 Å². The zero-order valence-electron chi connectivity index (χ0n) is 10.3. The van der Waals surface area contributed by atoms with Crippen molar-refractivity contribution in [2.45, 2.75) is 38.6 Å². The molecule has 0 unspecified atom stereocenters. The lowest BCUT2D eigenvalue weighted by molar-refractivity contribution is 0.0667. The van der Waals surface area contributed by atoms with Crippen molar-refractivity contribution in [1.29, 1.82) is 0 Å². The highest BCUT2D eigenvalue weighted by Gasteiger charge is 2.26. The summed E-state index contributed by atoms with van der Waals surface area (Å²) in [6, 6.07) is 0.310. The topological polar surface area (TPSA) is 87.9 Å². The van der Waals surface area contributed by atoms with Crippen LogP contribution in [0.15, 0.2) is 0 Å². The normalized spacial score (nSPS) is 24.6. The minimum Gasteiger partial charge on any atom is -0.366 e. The molecule has 0 atom stereocenters. The van der Waals surface area contributed by atoms with E-state index in [1.54, 1.807) is 4.90 Å². The summed E-state index contributed by atoms with van der Waals surface area (Å²) in [5.74, 6) is 0.979. The smallest absolute Gasteiger partial charge is 0.291 e. The Morgan fingerprint density at radius 1 is 1.41 bits per heavy atom. The monoisotopic (exact) mass is 237 g/mol. The molecule has 0 radical (unpaired) electrons. The predicted octanol–water partition coefficient (Wildman–Crippen LogP) is 1.04. The SMILES string of the molecule is CC1CCC(N(C)C(=O)c2nc(N)n[nH]2)CC1. The number of H-pyrrole nitrogens is 1. The largest absolute Gasteiger partial charge is 0.366 e. The van der Waals surface area contributed by atoms with Gasteiger partial charge >= 0.3 is 0 Å². The molecule has 0 aromatic carbocycles. The van der Waals surface area contributed by atoms with Gasteiger partial charge in [-0.25, -0.2) is 0 Å². The minimum absolute atomic E-state index is 0.110. The zero-order valence-corrected chi connectivity index (χ0v) is 10.3. The summed E-state index contributed by atoms with van der Waals surface area (Å²) in [6.07, 6.45) is 4.49. The molecular formula is C11H19N5O. The highest BCUT2D eigenvalue weighted by molar-refractivity contribution is 5.90. The van der Waals surface area contributed by atoms with E-state index in [2.05, 4.69) is 22.1 Å². The number of nitrogen functional groups attached to an aromatic ring is 1. The Kier molecular flexibility index (Phi) is 3.31. The fraction of sp³-hybridized carbons (Fsp3) is 0.727. The van der Waals surface area contributed by atoms with Crippen molar-refractivity contribution in [1.82, 2.24) is 20.1 Å². The molecule has 6 heteroatoms. The van der Waals surface area contributed by atoms with E-state index in [0.717, 1.165) is 18.8 Å². The fourth-order valence-electron chi connectivity index (χ4n) is 2.33. The second kappa shape index (κ2) is 4.73. The Morgan fingerprint density at radius 3 is 2.59 bits per heavy atom. The third-order valence-corrected chi connectivity index (χ3v) is 3.56. The fourth-order valence-corrected chi connectivity index (χ4v) is 2.33. The number of anilines is 1. The zero-order chi connectivity index (χ0) is 12.4. The van der Waals surface area contributed by atoms with Gasteiger partial charge in [0.2, 0.25) is 11.8 Å². The van der Waals surface area contributed by atoms with Gasteiger partial charge in [0.05, 0.1) is 0 Å². The first kappa shape index (κ1) is 11.9. The summed E-state index contributed by atoms with van der Waals surface area (Å²) >= 11 is 0. The van der Waals surface area contributed by atoms with Crippen molar-refractivity contribution in [3.05, 3.63) is 5.82 Å². The van der Waals surface area contributed by atoms with Gasteiger partial charge in [-0.2, -0.15) is 4.98 Å². The number of hydrogen-bond acceptors (Lipinski definition) is 4. The Bertz CT molecular complexity index is 394. The van der Waals surface area contributed by atoms with Gasteiger partial charge in [0.25, 0.3) is 5.91 Å². The Morgan fingerprint density at radius 2 is 2.06 bits per heavy atom. The van der Waals surface area contributed by atoms with Crippen molar-refractivity contribution in [3.63, 3.8) is 0 Å². The molecule has 1 amide bonds. The molecule has 17 heavy (non-hydrogen) atoms. The summed E-state index contributed by atoms with van der Waals surface area (Å²) in [5, 5.41) is 6.23. The number of nitrogens with one attached hydrogen (secondary N) is 1. The van der Waals surface area contributed by atoms with Gasteiger partial charge in [-0.3, -0.25) is 9.89 Å². The standard InChI is InChI=1S/C11H19N5O/c1-7-3-5-8(6-4-7)16(2)10(17)9-13-11(12)15-14-9/h7-8H,3-6H2,1-2H3,(H3,12,13,14,15). The third kappa shape index (κ3) is 2.57. The first-order valence-electron chi connectivity index (χ1n) is 6.03. The summed E-state index contributed by atoms with van der Waals surface area (Å²) in [5.41, 5.74) is 5.39. The van der Waals surface area contributed by atoms with Crippen LogP contribution in [-0.2, 0) is 0 Å². The molecule has 1 saturated carbocycles. The molecule has 0 aliphatic heterocycles. The summed E-state index contributed by atoms with van der Waals surface area (Å²) < 4.78 is 0. The first-order valence-corrected chi connectivity index (χ1v) is 6.03. The molecule has 1 heterocycles. The van der Waals surface area contributed by atoms with Crippen LogP contribution in [0.25, 0.3) is 0 Å². The maximum absolute atomic E-state index is 12.1. The van der Waals surface area contributed by atoms with Crippen LogP contribution in [0.2, 0.25) is 0 Å². The van der Waals surface area contributed by atoms with Crippen molar-refractivity contribution < 1.29 is 4.79 Å². The van der Waals surface area contributed by atoms with E-state index in [-0.39, 0.29) is 17.7 Å². The minimum atomic E-state index is -0.131. The van der Waals surface area contributed by atoms with E-state index in [9.17, 15) is 4.79 Å². The highest BCUT2D eigenvalue weighted by Crippen LogP contribution is 2.26. The summed E-state index contributed by atoms with van der Waals surface area (Å²) in [4.78, 5) is 17.7. The molecule has 0 spiro atoms. The molecule has 1 aromatic heterocycles. The van der Waals surface area contributed by atoms with Crippen molar-refractivity contribution in [2.24, 2.45) is 5.92 Å². The second-order valence-corrected chi connectivity index (χ2v) is 4.87. The van der Waals surface area contributed by atoms with E-state index in [1.165, 1.54) is 12.8 Å². The van der Waals surface area contributed by atoms with E-state index in [4.69, 9.17) is 5.73 Å². The molecule has 2 rings (SSSR count). The predicted molar refractivity (Wildman–Crippen MR) is 64.3 cm³/mol. The lowest BCUT2D eigenvalue weighted by Crippen LogP contribution is -2.39. The van der Waals surface area contributed by atoms with E-state index < -0.39 is 0 Å². The number of carbonyl (C=O) groups excluding carboxylic acids is 1. The number of rotatable bonds is 2. The van der Waals surface area contributed by atoms with Crippen LogP contribution < -0.4 is 5.73 Å². The summed E-state index contributed by atoms with van der Waals surface area (Å²) in [6.45, 7) is 2.26. The maximum Gasteiger partial charge on any atom is 0.291 e. The number of aromatic amines is 1. The lowest BCUT2D eigenvalue weighted by atomic mass is 9.87. The number of hydrogen-bond donors (Lipinski definition) is 2. The first-order chi connectivity index (χ1) is 8.08. The molecular weight excluding hydrogens is 218 g/mol. The van der Waals surface area contributed by atoms with Crippen molar-refractivity contribution >= 4 is 11.9 Å². The van der Waals surface area contributed by atoms with E-state index in [1.807, 2.05) is 7.05 Å². The Labute approximate surface area is 101 Å². The lowest BCUT2D eigenvalue weighted by Gasteiger charge is -2.33. The number of nitrogens with zero attached hydrogens (tertiary/aromatic N) is 3. The molecule has 1 aliphatic carbocycles. The van der Waals surface area contributed by atoms with Gasteiger partial charge in [-0.05, 0) is 31.6 Å². The molecule has 1 fully saturated rings. The molecule has 3 N–H and O–H groups in total. The van der Waals surface area contributed by atoms with Crippen LogP contribution in [-0.4, -0.2) is 39.1 Å². The van der Waals surface area contributed by atoms with Crippen LogP contribution in [0, 0.1) is 5.92 Å². The second-order valence-electron chi connectivity index (χ2n) is 4.87. The van der Waals surface area contributed by atoms with Crippen molar-refractivity contribution in [3.8, 4) is 0 Å². The Hall–Kier alpha value is -1.59. The number of aromatic nitrogens is 3. The van der Waals surface area contributed by atoms with E-state index >= 15 is 0 Å². The highest BCUT2D eigenvalue weighted by atomic mass is 16.2. The van der Waals surface area contributed by atoms with Gasteiger partial charge in [0.1, 0.15) is 0 Å². The van der Waals surface area contributed by atoms with Gasteiger partial charge < -0.3 is 10.6 Å². The van der Waals surface area contributed by atoms with E-state index in [0.29, 0.717) is 6.04 Å². The van der Waals surface area contributed by atoms with Crippen molar-refractivity contribution in [2.75, 3.05) is 12.8 Å². The van der Waals surface area contributed by atoms with Crippen LogP contribution in [0.3, 0.4) is 0 Å². The van der Waals surface area contributed by atoms with Crippen LogP contribution >= 0.6 is 0 Å². The molecule has 0 saturated heterocycles. The molecule has 94 valence electrons. The van der Waals surface area contributed by atoms with Crippen LogP contribution in [0.5, 0.6) is 0 Å². The summed E-state index contributed by atoms with van der Waals surface area (Å²) in [7, 11) is 1.82. The Balaban J connectivity index is 2.00.